The molecular formula is C14H16N2O2S. The minimum atomic E-state index is -0.541. The molecule has 5 heteroatoms. The van der Waals surface area contributed by atoms with Gasteiger partial charge in [-0.3, -0.25) is 4.98 Å². The van der Waals surface area contributed by atoms with Gasteiger partial charge in [0.1, 0.15) is 16.2 Å². The zero-order valence-corrected chi connectivity index (χ0v) is 12.0. The van der Waals surface area contributed by atoms with E-state index < -0.39 is 11.6 Å². The van der Waals surface area contributed by atoms with E-state index in [0.717, 1.165) is 11.1 Å². The summed E-state index contributed by atoms with van der Waals surface area (Å²) >= 11 is 1.34. The molecule has 2 heterocycles. The van der Waals surface area contributed by atoms with E-state index in [2.05, 4.69) is 4.98 Å². The fourth-order valence-corrected chi connectivity index (χ4v) is 2.47. The second-order valence-corrected chi connectivity index (χ2v) is 6.04. The lowest BCUT2D eigenvalue weighted by atomic mass is 10.1. The topological polar surface area (TPSA) is 65.2 Å². The summed E-state index contributed by atoms with van der Waals surface area (Å²) in [6.07, 6.45) is 3.37. The molecule has 0 saturated heterocycles. The molecule has 0 spiro atoms. The van der Waals surface area contributed by atoms with Gasteiger partial charge in [0.15, 0.2) is 0 Å². The molecule has 2 aromatic heterocycles. The van der Waals surface area contributed by atoms with Gasteiger partial charge in [0.05, 0.1) is 0 Å². The number of thiophene rings is 1. The van der Waals surface area contributed by atoms with Gasteiger partial charge in [-0.25, -0.2) is 4.79 Å². The van der Waals surface area contributed by atoms with E-state index in [0.29, 0.717) is 10.6 Å². The number of hydrogen-bond acceptors (Lipinski definition) is 5. The number of nitrogens with two attached hydrogens (primary N) is 1. The molecule has 0 aliphatic heterocycles. The van der Waals surface area contributed by atoms with Crippen LogP contribution in [0.3, 0.4) is 0 Å². The van der Waals surface area contributed by atoms with Crippen LogP contribution in [0.4, 0.5) is 5.00 Å². The molecule has 0 aliphatic rings. The molecule has 0 amide bonds. The number of carbonyl (C=O) groups excluding carboxylic acids is 1. The first-order valence-electron chi connectivity index (χ1n) is 5.89. The van der Waals surface area contributed by atoms with Crippen molar-refractivity contribution in [2.75, 3.05) is 5.73 Å². The first-order chi connectivity index (χ1) is 8.88. The zero-order valence-electron chi connectivity index (χ0n) is 11.1. The maximum atomic E-state index is 12.2. The van der Waals surface area contributed by atoms with Crippen LogP contribution < -0.4 is 5.73 Å². The molecule has 100 valence electrons. The highest BCUT2D eigenvalue weighted by Crippen LogP contribution is 2.34. The Bertz CT molecular complexity index is 585. The lowest BCUT2D eigenvalue weighted by Crippen LogP contribution is -2.24. The largest absolute Gasteiger partial charge is 0.456 e. The number of esters is 1. The quantitative estimate of drug-likeness (QED) is 0.854. The van der Waals surface area contributed by atoms with Gasteiger partial charge in [0.25, 0.3) is 0 Å². The van der Waals surface area contributed by atoms with E-state index in [-0.39, 0.29) is 0 Å². The Morgan fingerprint density at radius 2 is 1.95 bits per heavy atom. The number of rotatable bonds is 2. The fraction of sp³-hybridized carbons (Fsp3) is 0.286. The SMILES string of the molecule is CC(C)(C)OC(=O)c1c(-c2ccncc2)csc1N. The second kappa shape index (κ2) is 5.01. The summed E-state index contributed by atoms with van der Waals surface area (Å²) in [5, 5.41) is 2.34. The van der Waals surface area contributed by atoms with Crippen molar-refractivity contribution < 1.29 is 9.53 Å². The van der Waals surface area contributed by atoms with Gasteiger partial charge in [-0.15, -0.1) is 11.3 Å². The number of ether oxygens (including phenoxy) is 1. The van der Waals surface area contributed by atoms with Crippen LogP contribution in [-0.4, -0.2) is 16.6 Å². The Morgan fingerprint density at radius 1 is 1.32 bits per heavy atom. The lowest BCUT2D eigenvalue weighted by Gasteiger charge is -2.20. The van der Waals surface area contributed by atoms with Crippen molar-refractivity contribution in [1.29, 1.82) is 0 Å². The Kier molecular flexibility index (Phi) is 3.57. The van der Waals surface area contributed by atoms with Gasteiger partial charge in [-0.05, 0) is 38.5 Å². The number of pyridine rings is 1. The van der Waals surface area contributed by atoms with E-state index in [1.807, 2.05) is 38.3 Å². The van der Waals surface area contributed by atoms with Crippen LogP contribution in [0, 0.1) is 0 Å². The Balaban J connectivity index is 2.42. The fourth-order valence-electron chi connectivity index (χ4n) is 1.66. The molecule has 0 bridgehead atoms. The predicted octanol–water partition coefficient (Wildman–Crippen LogP) is 3.35. The van der Waals surface area contributed by atoms with Crippen LogP contribution in [0.1, 0.15) is 31.1 Å². The van der Waals surface area contributed by atoms with Crippen LogP contribution in [0.15, 0.2) is 29.9 Å². The van der Waals surface area contributed by atoms with Crippen LogP contribution >= 0.6 is 11.3 Å². The Labute approximate surface area is 116 Å². The minimum Gasteiger partial charge on any atom is -0.456 e. The number of hydrogen-bond donors (Lipinski definition) is 1. The summed E-state index contributed by atoms with van der Waals surface area (Å²) in [6.45, 7) is 5.50. The van der Waals surface area contributed by atoms with E-state index in [1.165, 1.54) is 11.3 Å². The Morgan fingerprint density at radius 3 is 2.53 bits per heavy atom. The highest BCUT2D eigenvalue weighted by molar-refractivity contribution is 7.14. The van der Waals surface area contributed by atoms with Crippen LogP contribution in [-0.2, 0) is 4.74 Å². The molecule has 0 saturated carbocycles. The van der Waals surface area contributed by atoms with Crippen LogP contribution in [0.2, 0.25) is 0 Å². The number of anilines is 1. The first-order valence-corrected chi connectivity index (χ1v) is 6.77. The lowest BCUT2D eigenvalue weighted by molar-refractivity contribution is 0.00722. The monoisotopic (exact) mass is 276 g/mol. The molecule has 0 unspecified atom stereocenters. The van der Waals surface area contributed by atoms with Crippen molar-refractivity contribution in [2.45, 2.75) is 26.4 Å². The van der Waals surface area contributed by atoms with Crippen LogP contribution in [0.25, 0.3) is 11.1 Å². The number of aromatic nitrogens is 1. The van der Waals surface area contributed by atoms with Gasteiger partial charge in [0, 0.05) is 23.3 Å². The van der Waals surface area contributed by atoms with Crippen molar-refractivity contribution in [3.05, 3.63) is 35.5 Å². The van der Waals surface area contributed by atoms with Crippen molar-refractivity contribution in [1.82, 2.24) is 4.98 Å². The van der Waals surface area contributed by atoms with E-state index in [4.69, 9.17) is 10.5 Å². The molecular weight excluding hydrogens is 260 g/mol. The number of carbonyl (C=O) groups is 1. The molecule has 0 atom stereocenters. The molecule has 2 rings (SSSR count). The van der Waals surface area contributed by atoms with Gasteiger partial charge in [0.2, 0.25) is 0 Å². The highest BCUT2D eigenvalue weighted by atomic mass is 32.1. The number of nitrogen functional groups attached to an aromatic ring is 1. The third kappa shape index (κ3) is 3.12. The van der Waals surface area contributed by atoms with Crippen molar-refractivity contribution in [2.24, 2.45) is 0 Å². The van der Waals surface area contributed by atoms with Gasteiger partial charge < -0.3 is 10.5 Å². The molecule has 19 heavy (non-hydrogen) atoms. The normalized spacial score (nSPS) is 11.3. The second-order valence-electron chi connectivity index (χ2n) is 5.13. The van der Waals surface area contributed by atoms with Crippen LogP contribution in [0.5, 0.6) is 0 Å². The predicted molar refractivity (Wildman–Crippen MR) is 77.1 cm³/mol. The van der Waals surface area contributed by atoms with Crippen molar-refractivity contribution in [3.8, 4) is 11.1 Å². The molecule has 2 aromatic rings. The molecule has 0 aromatic carbocycles. The average Bonchev–Trinajstić information content (AvgIpc) is 2.70. The van der Waals surface area contributed by atoms with Gasteiger partial charge in [-0.1, -0.05) is 0 Å². The zero-order chi connectivity index (χ0) is 14.0. The highest BCUT2D eigenvalue weighted by Gasteiger charge is 2.24. The third-order valence-corrected chi connectivity index (χ3v) is 3.23. The van der Waals surface area contributed by atoms with Crippen molar-refractivity contribution in [3.63, 3.8) is 0 Å². The average molecular weight is 276 g/mol. The minimum absolute atomic E-state index is 0.391. The first kappa shape index (κ1) is 13.5. The molecule has 0 fully saturated rings. The summed E-state index contributed by atoms with van der Waals surface area (Å²) in [6, 6.07) is 3.69. The van der Waals surface area contributed by atoms with E-state index >= 15 is 0 Å². The summed E-state index contributed by atoms with van der Waals surface area (Å²) < 4.78 is 5.40. The summed E-state index contributed by atoms with van der Waals surface area (Å²) in [4.78, 5) is 16.2. The maximum Gasteiger partial charge on any atom is 0.342 e. The summed E-state index contributed by atoms with van der Waals surface area (Å²) in [5.41, 5.74) is 7.49. The smallest absolute Gasteiger partial charge is 0.342 e. The molecule has 0 radical (unpaired) electrons. The van der Waals surface area contributed by atoms with E-state index in [9.17, 15) is 4.79 Å². The molecule has 0 aliphatic carbocycles. The standard InChI is InChI=1S/C14H16N2O2S/c1-14(2,3)18-13(17)11-10(8-19-12(11)15)9-4-6-16-7-5-9/h4-8H,15H2,1-3H3. The molecule has 2 N–H and O–H groups in total. The van der Waals surface area contributed by atoms with Gasteiger partial charge in [-0.2, -0.15) is 0 Å². The summed E-state index contributed by atoms with van der Waals surface area (Å²) in [7, 11) is 0. The molecule has 4 nitrogen and oxygen atoms in total. The third-order valence-electron chi connectivity index (χ3n) is 2.41. The van der Waals surface area contributed by atoms with Crippen molar-refractivity contribution >= 4 is 22.3 Å². The Hall–Kier alpha value is -1.88. The number of nitrogens with zero attached hydrogens (tertiary/aromatic N) is 1. The maximum absolute atomic E-state index is 12.2. The van der Waals surface area contributed by atoms with Gasteiger partial charge >= 0.3 is 5.97 Å². The summed E-state index contributed by atoms with van der Waals surface area (Å²) in [5.74, 6) is -0.391. The van der Waals surface area contributed by atoms with E-state index in [1.54, 1.807) is 12.4 Å².